The van der Waals surface area contributed by atoms with Crippen LogP contribution in [0.5, 0.6) is 0 Å². The van der Waals surface area contributed by atoms with Crippen LogP contribution in [0.1, 0.15) is 40.1 Å². The molecule has 0 aliphatic carbocycles. The van der Waals surface area contributed by atoms with Crippen LogP contribution in [0, 0.1) is 0 Å². The van der Waals surface area contributed by atoms with Crippen molar-refractivity contribution in [2.24, 2.45) is 0 Å². The molecule has 0 saturated heterocycles. The van der Waals surface area contributed by atoms with Crippen molar-refractivity contribution >= 4 is 11.9 Å². The molecule has 0 atom stereocenters. The average molecular weight is 226 g/mol. The van der Waals surface area contributed by atoms with Gasteiger partial charge < -0.3 is 14.5 Å². The zero-order valence-corrected chi connectivity index (χ0v) is 9.49. The number of methoxy groups -OCH3 is 2. The Kier molecular flexibility index (Phi) is 4.04. The Hall–Kier alpha value is -1.85. The average Bonchev–Trinajstić information content (AvgIpc) is 2.71. The van der Waals surface area contributed by atoms with Crippen LogP contribution < -0.4 is 0 Å². The zero-order valence-electron chi connectivity index (χ0n) is 9.49. The van der Waals surface area contributed by atoms with E-state index in [9.17, 15) is 9.59 Å². The van der Waals surface area contributed by atoms with E-state index in [1.807, 2.05) is 6.92 Å². The van der Waals surface area contributed by atoms with Gasteiger partial charge in [0.15, 0.2) is 11.4 Å². The number of hydrogen-bond donors (Lipinski definition) is 1. The molecule has 6 heteroatoms. The molecule has 1 aromatic rings. The van der Waals surface area contributed by atoms with E-state index in [0.717, 1.165) is 6.42 Å². The Morgan fingerprint density at radius 3 is 2.38 bits per heavy atom. The number of ether oxygens (including phenoxy) is 2. The van der Waals surface area contributed by atoms with Crippen LogP contribution in [0.3, 0.4) is 0 Å². The normalized spacial score (nSPS) is 9.94. The summed E-state index contributed by atoms with van der Waals surface area (Å²) in [5.74, 6) is -0.711. The van der Waals surface area contributed by atoms with E-state index < -0.39 is 11.9 Å². The van der Waals surface area contributed by atoms with E-state index >= 15 is 0 Å². The van der Waals surface area contributed by atoms with Crippen molar-refractivity contribution in [2.75, 3.05) is 14.2 Å². The van der Waals surface area contributed by atoms with E-state index in [4.69, 9.17) is 0 Å². The summed E-state index contributed by atoms with van der Waals surface area (Å²) < 4.78 is 9.08. The third kappa shape index (κ3) is 2.39. The molecular formula is C10H14N2O4. The Labute approximate surface area is 93.0 Å². The molecule has 1 N–H and O–H groups in total. The third-order valence-electron chi connectivity index (χ3n) is 2.01. The first kappa shape index (κ1) is 12.2. The van der Waals surface area contributed by atoms with Crippen LogP contribution in [-0.4, -0.2) is 36.1 Å². The van der Waals surface area contributed by atoms with Crippen molar-refractivity contribution in [3.05, 3.63) is 17.2 Å². The molecule has 0 aliphatic heterocycles. The summed E-state index contributed by atoms with van der Waals surface area (Å²) in [4.78, 5) is 29.5. The van der Waals surface area contributed by atoms with Crippen LogP contribution in [-0.2, 0) is 15.9 Å². The lowest BCUT2D eigenvalue weighted by molar-refractivity contribution is 0.0548. The van der Waals surface area contributed by atoms with E-state index in [2.05, 4.69) is 19.4 Å². The lowest BCUT2D eigenvalue weighted by atomic mass is 10.3. The number of hydrogen-bond acceptors (Lipinski definition) is 5. The standard InChI is InChI=1S/C10H14N2O4/c1-4-5-6-11-7(9(13)15-2)8(12-6)10(14)16-3/h4-5H2,1-3H3,(H,11,12). The van der Waals surface area contributed by atoms with Gasteiger partial charge in [0.25, 0.3) is 0 Å². The SMILES string of the molecule is CCCc1nc(C(=O)OC)c(C(=O)OC)[nH]1. The maximum absolute atomic E-state index is 11.4. The highest BCUT2D eigenvalue weighted by atomic mass is 16.5. The van der Waals surface area contributed by atoms with Crippen molar-refractivity contribution in [3.63, 3.8) is 0 Å². The van der Waals surface area contributed by atoms with Gasteiger partial charge in [0.1, 0.15) is 5.82 Å². The minimum Gasteiger partial charge on any atom is -0.464 e. The second-order valence-corrected chi connectivity index (χ2v) is 3.14. The molecule has 0 fully saturated rings. The van der Waals surface area contributed by atoms with Crippen LogP contribution in [0.15, 0.2) is 0 Å². The number of H-pyrrole nitrogens is 1. The molecule has 88 valence electrons. The summed E-state index contributed by atoms with van der Waals surface area (Å²) in [6, 6.07) is 0. The Bertz CT molecular complexity index is 364. The first-order valence-corrected chi connectivity index (χ1v) is 4.89. The van der Waals surface area contributed by atoms with Gasteiger partial charge in [0, 0.05) is 6.42 Å². The highest BCUT2D eigenvalue weighted by molar-refractivity contribution is 6.00. The summed E-state index contributed by atoms with van der Waals surface area (Å²) in [6.07, 6.45) is 1.51. The third-order valence-corrected chi connectivity index (χ3v) is 2.01. The second-order valence-electron chi connectivity index (χ2n) is 3.14. The first-order valence-electron chi connectivity index (χ1n) is 4.89. The van der Waals surface area contributed by atoms with Crippen LogP contribution in [0.2, 0.25) is 0 Å². The largest absolute Gasteiger partial charge is 0.464 e. The highest BCUT2D eigenvalue weighted by Crippen LogP contribution is 2.10. The minimum absolute atomic E-state index is 0.0298. The molecule has 1 heterocycles. The van der Waals surface area contributed by atoms with Gasteiger partial charge in [-0.2, -0.15) is 0 Å². The molecule has 0 bridgehead atoms. The quantitative estimate of drug-likeness (QED) is 0.772. The first-order chi connectivity index (χ1) is 7.63. The number of nitrogens with zero attached hydrogens (tertiary/aromatic N) is 1. The molecule has 0 aromatic carbocycles. The summed E-state index contributed by atoms with van der Waals surface area (Å²) in [5.41, 5.74) is 0.00981. The summed E-state index contributed by atoms with van der Waals surface area (Å²) in [5, 5.41) is 0. The van der Waals surface area contributed by atoms with Gasteiger partial charge in [-0.3, -0.25) is 0 Å². The van der Waals surface area contributed by atoms with Gasteiger partial charge >= 0.3 is 11.9 Å². The van der Waals surface area contributed by atoms with E-state index in [1.165, 1.54) is 14.2 Å². The van der Waals surface area contributed by atoms with Crippen molar-refractivity contribution in [2.45, 2.75) is 19.8 Å². The van der Waals surface area contributed by atoms with Gasteiger partial charge in [-0.05, 0) is 6.42 Å². The molecule has 1 aromatic heterocycles. The number of aromatic amines is 1. The van der Waals surface area contributed by atoms with Gasteiger partial charge in [-0.15, -0.1) is 0 Å². The van der Waals surface area contributed by atoms with Crippen molar-refractivity contribution < 1.29 is 19.1 Å². The van der Waals surface area contributed by atoms with Gasteiger partial charge in [-0.1, -0.05) is 6.92 Å². The number of esters is 2. The molecule has 0 amide bonds. The molecule has 0 spiro atoms. The molecule has 0 unspecified atom stereocenters. The fourth-order valence-electron chi connectivity index (χ4n) is 1.27. The number of imidazole rings is 1. The highest BCUT2D eigenvalue weighted by Gasteiger charge is 2.23. The van der Waals surface area contributed by atoms with Crippen molar-refractivity contribution in [1.82, 2.24) is 9.97 Å². The molecule has 16 heavy (non-hydrogen) atoms. The van der Waals surface area contributed by atoms with Crippen LogP contribution >= 0.6 is 0 Å². The van der Waals surface area contributed by atoms with Gasteiger partial charge in [0.2, 0.25) is 0 Å². The lowest BCUT2D eigenvalue weighted by Crippen LogP contribution is -2.11. The van der Waals surface area contributed by atoms with E-state index in [0.29, 0.717) is 12.2 Å². The molecule has 0 aliphatic rings. The zero-order chi connectivity index (χ0) is 12.1. The maximum Gasteiger partial charge on any atom is 0.359 e. The lowest BCUT2D eigenvalue weighted by Gasteiger charge is -1.98. The fraction of sp³-hybridized carbons (Fsp3) is 0.500. The Balaban J connectivity index is 3.12. The second kappa shape index (κ2) is 5.29. The number of nitrogens with one attached hydrogen (secondary N) is 1. The molecule has 6 nitrogen and oxygen atoms in total. The Morgan fingerprint density at radius 1 is 1.25 bits per heavy atom. The van der Waals surface area contributed by atoms with Crippen LogP contribution in [0.4, 0.5) is 0 Å². The molecular weight excluding hydrogens is 212 g/mol. The molecule has 1 rings (SSSR count). The predicted octanol–water partition coefficient (Wildman–Crippen LogP) is 0.935. The van der Waals surface area contributed by atoms with E-state index in [1.54, 1.807) is 0 Å². The number of carbonyl (C=O) groups is 2. The number of aromatic nitrogens is 2. The number of carbonyl (C=O) groups excluding carboxylic acids is 2. The fourth-order valence-corrected chi connectivity index (χ4v) is 1.27. The number of aryl methyl sites for hydroxylation is 1. The minimum atomic E-state index is -0.654. The van der Waals surface area contributed by atoms with Crippen molar-refractivity contribution in [1.29, 1.82) is 0 Å². The number of rotatable bonds is 4. The summed E-state index contributed by atoms with van der Waals surface area (Å²) in [6.45, 7) is 1.97. The predicted molar refractivity (Wildman–Crippen MR) is 55.3 cm³/mol. The molecule has 0 radical (unpaired) electrons. The maximum atomic E-state index is 11.4. The van der Waals surface area contributed by atoms with Crippen LogP contribution in [0.25, 0.3) is 0 Å². The molecule has 0 saturated carbocycles. The monoisotopic (exact) mass is 226 g/mol. The topological polar surface area (TPSA) is 81.3 Å². The smallest absolute Gasteiger partial charge is 0.359 e. The van der Waals surface area contributed by atoms with Gasteiger partial charge in [-0.25, -0.2) is 14.6 Å². The van der Waals surface area contributed by atoms with Gasteiger partial charge in [0.05, 0.1) is 14.2 Å². The Morgan fingerprint density at radius 2 is 1.88 bits per heavy atom. The van der Waals surface area contributed by atoms with Crippen molar-refractivity contribution in [3.8, 4) is 0 Å². The summed E-state index contributed by atoms with van der Waals surface area (Å²) in [7, 11) is 2.47. The van der Waals surface area contributed by atoms with E-state index in [-0.39, 0.29) is 11.4 Å². The summed E-state index contributed by atoms with van der Waals surface area (Å²) >= 11 is 0.